The van der Waals surface area contributed by atoms with E-state index in [4.69, 9.17) is 0 Å². The Balaban J connectivity index is 1.50. The number of amides is 1. The number of hydrogen-bond acceptors (Lipinski definition) is 4. The van der Waals surface area contributed by atoms with E-state index in [0.29, 0.717) is 13.1 Å². The van der Waals surface area contributed by atoms with Gasteiger partial charge in [0.15, 0.2) is 0 Å². The molecule has 1 aromatic heterocycles. The molecule has 19 heavy (non-hydrogen) atoms. The summed E-state index contributed by atoms with van der Waals surface area (Å²) in [5.74, 6) is 0.0244. The largest absolute Gasteiger partial charge is 0.373 e. The van der Waals surface area contributed by atoms with E-state index in [0.717, 1.165) is 12.1 Å². The predicted octanol–water partition coefficient (Wildman–Crippen LogP) is 0.431. The molecule has 1 atom stereocenters. The van der Waals surface area contributed by atoms with E-state index >= 15 is 0 Å². The van der Waals surface area contributed by atoms with E-state index in [2.05, 4.69) is 20.9 Å². The molecule has 2 aromatic rings. The van der Waals surface area contributed by atoms with Crippen LogP contribution in [-0.4, -0.2) is 33.5 Å². The topological polar surface area (TPSA) is 71.8 Å². The van der Waals surface area contributed by atoms with Gasteiger partial charge in [0.05, 0.1) is 12.7 Å². The third kappa shape index (κ3) is 2.57. The summed E-state index contributed by atoms with van der Waals surface area (Å²) in [6, 6.07) is 7.83. The molecule has 3 rings (SSSR count). The summed E-state index contributed by atoms with van der Waals surface area (Å²) in [6.45, 7) is 1.18. The van der Waals surface area contributed by atoms with Gasteiger partial charge >= 0.3 is 0 Å². The first kappa shape index (κ1) is 11.7. The van der Waals surface area contributed by atoms with Crippen molar-refractivity contribution < 1.29 is 4.79 Å². The maximum Gasteiger partial charge on any atom is 0.242 e. The van der Waals surface area contributed by atoms with Crippen LogP contribution in [0.2, 0.25) is 0 Å². The average molecular weight is 257 g/mol. The van der Waals surface area contributed by atoms with E-state index in [-0.39, 0.29) is 11.9 Å². The molecule has 6 nitrogen and oxygen atoms in total. The zero-order valence-electron chi connectivity index (χ0n) is 10.4. The molecule has 0 saturated carbocycles. The summed E-state index contributed by atoms with van der Waals surface area (Å²) >= 11 is 0. The molecule has 1 aromatic carbocycles. The summed E-state index contributed by atoms with van der Waals surface area (Å²) < 4.78 is 1.69. The van der Waals surface area contributed by atoms with Crippen LogP contribution < -0.4 is 10.6 Å². The van der Waals surface area contributed by atoms with Crippen molar-refractivity contribution in [3.05, 3.63) is 42.2 Å². The first-order valence-electron chi connectivity index (χ1n) is 6.29. The molecule has 2 heterocycles. The Bertz CT molecular complexity index is 541. The van der Waals surface area contributed by atoms with Gasteiger partial charge in [-0.3, -0.25) is 9.48 Å². The number of fused-ring (bicyclic) bond motifs is 1. The maximum absolute atomic E-state index is 12.0. The Morgan fingerprint density at radius 1 is 1.47 bits per heavy atom. The van der Waals surface area contributed by atoms with E-state index in [1.165, 1.54) is 5.56 Å². The predicted molar refractivity (Wildman–Crippen MR) is 70.6 cm³/mol. The first-order valence-corrected chi connectivity index (χ1v) is 6.29. The smallest absolute Gasteiger partial charge is 0.242 e. The highest BCUT2D eigenvalue weighted by Crippen LogP contribution is 2.24. The SMILES string of the molecule is O=C(NCCn1ccnn1)[C@@H]1Cc2ccccc2N1. The number of aromatic nitrogens is 3. The molecule has 1 amide bonds. The van der Waals surface area contributed by atoms with Gasteiger partial charge in [-0.1, -0.05) is 23.4 Å². The van der Waals surface area contributed by atoms with Crippen LogP contribution in [0.15, 0.2) is 36.7 Å². The minimum absolute atomic E-state index is 0.0244. The fourth-order valence-electron chi connectivity index (χ4n) is 2.22. The van der Waals surface area contributed by atoms with Crippen molar-refractivity contribution in [2.75, 3.05) is 11.9 Å². The van der Waals surface area contributed by atoms with Crippen molar-refractivity contribution in [2.45, 2.75) is 19.0 Å². The lowest BCUT2D eigenvalue weighted by Gasteiger charge is -2.11. The second-order valence-electron chi connectivity index (χ2n) is 4.52. The summed E-state index contributed by atoms with van der Waals surface area (Å²) in [4.78, 5) is 12.0. The van der Waals surface area contributed by atoms with Gasteiger partial charge in [0.25, 0.3) is 0 Å². The Kier molecular flexibility index (Phi) is 3.14. The summed E-state index contributed by atoms with van der Waals surface area (Å²) in [5.41, 5.74) is 2.25. The number of para-hydroxylation sites is 1. The molecule has 0 spiro atoms. The summed E-state index contributed by atoms with van der Waals surface area (Å²) in [6.07, 6.45) is 4.14. The zero-order chi connectivity index (χ0) is 13.1. The number of anilines is 1. The number of nitrogens with zero attached hydrogens (tertiary/aromatic N) is 3. The zero-order valence-corrected chi connectivity index (χ0v) is 10.4. The van der Waals surface area contributed by atoms with Crippen LogP contribution in [0.3, 0.4) is 0 Å². The van der Waals surface area contributed by atoms with Crippen molar-refractivity contribution in [3.63, 3.8) is 0 Å². The Morgan fingerprint density at radius 2 is 2.37 bits per heavy atom. The molecular formula is C13H15N5O. The van der Waals surface area contributed by atoms with Crippen molar-refractivity contribution in [2.24, 2.45) is 0 Å². The molecule has 0 radical (unpaired) electrons. The molecule has 2 N–H and O–H groups in total. The average Bonchev–Trinajstić information content (AvgIpc) is 3.07. The van der Waals surface area contributed by atoms with Gasteiger partial charge in [-0.15, -0.1) is 5.10 Å². The van der Waals surface area contributed by atoms with Gasteiger partial charge < -0.3 is 10.6 Å². The maximum atomic E-state index is 12.0. The molecule has 98 valence electrons. The highest BCUT2D eigenvalue weighted by molar-refractivity contribution is 5.87. The lowest BCUT2D eigenvalue weighted by atomic mass is 10.1. The second-order valence-corrected chi connectivity index (χ2v) is 4.52. The number of carbonyl (C=O) groups is 1. The Hall–Kier alpha value is -2.37. The van der Waals surface area contributed by atoms with Crippen molar-refractivity contribution >= 4 is 11.6 Å². The number of rotatable bonds is 4. The molecule has 0 fully saturated rings. The van der Waals surface area contributed by atoms with Crippen LogP contribution >= 0.6 is 0 Å². The second kappa shape index (κ2) is 5.09. The van der Waals surface area contributed by atoms with Crippen LogP contribution in [0.1, 0.15) is 5.56 Å². The fraction of sp³-hybridized carbons (Fsp3) is 0.308. The van der Waals surface area contributed by atoms with Gasteiger partial charge in [0, 0.05) is 24.8 Å². The molecular weight excluding hydrogens is 242 g/mol. The van der Waals surface area contributed by atoms with E-state index in [9.17, 15) is 4.79 Å². The number of hydrogen-bond donors (Lipinski definition) is 2. The summed E-state index contributed by atoms with van der Waals surface area (Å²) in [5, 5.41) is 13.7. The van der Waals surface area contributed by atoms with Crippen LogP contribution in [-0.2, 0) is 17.8 Å². The molecule has 6 heteroatoms. The van der Waals surface area contributed by atoms with Gasteiger partial charge in [-0.25, -0.2) is 0 Å². The number of nitrogens with one attached hydrogen (secondary N) is 2. The molecule has 0 aliphatic carbocycles. The van der Waals surface area contributed by atoms with Crippen molar-refractivity contribution in [1.82, 2.24) is 20.3 Å². The molecule has 1 aliphatic rings. The quantitative estimate of drug-likeness (QED) is 0.833. The van der Waals surface area contributed by atoms with Crippen molar-refractivity contribution in [3.8, 4) is 0 Å². The van der Waals surface area contributed by atoms with Gasteiger partial charge in [0.2, 0.25) is 5.91 Å². The number of benzene rings is 1. The minimum Gasteiger partial charge on any atom is -0.373 e. The number of carbonyl (C=O) groups excluding carboxylic acids is 1. The lowest BCUT2D eigenvalue weighted by molar-refractivity contribution is -0.121. The third-order valence-electron chi connectivity index (χ3n) is 3.20. The normalized spacial score (nSPS) is 16.7. The highest BCUT2D eigenvalue weighted by atomic mass is 16.2. The van der Waals surface area contributed by atoms with E-state index in [1.54, 1.807) is 17.1 Å². The molecule has 0 unspecified atom stereocenters. The van der Waals surface area contributed by atoms with Gasteiger partial charge in [-0.05, 0) is 11.6 Å². The molecule has 1 aliphatic heterocycles. The van der Waals surface area contributed by atoms with Gasteiger partial charge in [-0.2, -0.15) is 0 Å². The Morgan fingerprint density at radius 3 is 3.16 bits per heavy atom. The van der Waals surface area contributed by atoms with Crippen LogP contribution in [0, 0.1) is 0 Å². The third-order valence-corrected chi connectivity index (χ3v) is 3.20. The Labute approximate surface area is 110 Å². The fourth-order valence-corrected chi connectivity index (χ4v) is 2.22. The van der Waals surface area contributed by atoms with Crippen molar-refractivity contribution in [1.29, 1.82) is 0 Å². The molecule has 0 saturated heterocycles. The lowest BCUT2D eigenvalue weighted by Crippen LogP contribution is -2.39. The standard InChI is InChI=1S/C13H15N5O/c19-13(14-5-7-18-8-6-15-17-18)12-9-10-3-1-2-4-11(10)16-12/h1-4,6,8,12,16H,5,7,9H2,(H,14,19)/t12-/m0/s1. The summed E-state index contributed by atoms with van der Waals surface area (Å²) in [7, 11) is 0. The molecule has 0 bridgehead atoms. The first-order chi connectivity index (χ1) is 9.33. The van der Waals surface area contributed by atoms with Gasteiger partial charge in [0.1, 0.15) is 6.04 Å². The minimum atomic E-state index is -0.173. The van der Waals surface area contributed by atoms with Crippen LogP contribution in [0.4, 0.5) is 5.69 Å². The van der Waals surface area contributed by atoms with E-state index in [1.807, 2.05) is 24.3 Å². The van der Waals surface area contributed by atoms with Crippen LogP contribution in [0.5, 0.6) is 0 Å². The van der Waals surface area contributed by atoms with Crippen LogP contribution in [0.25, 0.3) is 0 Å². The highest BCUT2D eigenvalue weighted by Gasteiger charge is 2.25. The monoisotopic (exact) mass is 257 g/mol. The van der Waals surface area contributed by atoms with E-state index < -0.39 is 0 Å².